The maximum atomic E-state index is 15.1. The molecule has 0 bridgehead atoms. The summed E-state index contributed by atoms with van der Waals surface area (Å²) < 4.78 is 5.60. The van der Waals surface area contributed by atoms with E-state index in [2.05, 4.69) is 24.5 Å². The van der Waals surface area contributed by atoms with Gasteiger partial charge in [-0.2, -0.15) is 0 Å². The predicted molar refractivity (Wildman–Crippen MR) is 197 cm³/mol. The van der Waals surface area contributed by atoms with Gasteiger partial charge < -0.3 is 25.4 Å². The van der Waals surface area contributed by atoms with Crippen molar-refractivity contribution in [3.63, 3.8) is 0 Å². The molecule has 4 aromatic carbocycles. The van der Waals surface area contributed by atoms with Crippen molar-refractivity contribution in [1.82, 2.24) is 10.2 Å². The molecule has 49 heavy (non-hydrogen) atoms. The molecule has 3 N–H and O–H groups in total. The number of phenols is 1. The number of aryl methyl sites for hydroxylation is 1. The molecule has 0 saturated carbocycles. The van der Waals surface area contributed by atoms with Gasteiger partial charge in [0.25, 0.3) is 5.91 Å². The van der Waals surface area contributed by atoms with E-state index in [4.69, 9.17) is 4.74 Å². The topological polar surface area (TPSA) is 108 Å². The van der Waals surface area contributed by atoms with Crippen LogP contribution in [0.4, 0.5) is 10.5 Å². The Morgan fingerprint density at radius 3 is 2.16 bits per heavy atom. The van der Waals surface area contributed by atoms with E-state index in [1.54, 1.807) is 49.9 Å². The third-order valence-electron chi connectivity index (χ3n) is 8.74. The van der Waals surface area contributed by atoms with Crippen LogP contribution < -0.4 is 10.6 Å². The second-order valence-corrected chi connectivity index (χ2v) is 14.4. The maximum Gasteiger partial charge on any atom is 0.408 e. The van der Waals surface area contributed by atoms with Crippen LogP contribution in [-0.2, 0) is 20.7 Å². The molecule has 0 aliphatic heterocycles. The van der Waals surface area contributed by atoms with Crippen LogP contribution in [0, 0.1) is 19.8 Å². The van der Waals surface area contributed by atoms with Gasteiger partial charge in [-0.05, 0) is 118 Å². The first-order valence-electron chi connectivity index (χ1n) is 17.1. The highest BCUT2D eigenvalue weighted by atomic mass is 16.6. The Balaban J connectivity index is 1.84. The van der Waals surface area contributed by atoms with E-state index in [1.807, 2.05) is 81.4 Å². The van der Waals surface area contributed by atoms with E-state index in [9.17, 15) is 14.7 Å². The average molecular weight is 666 g/mol. The molecule has 0 fully saturated rings. The lowest BCUT2D eigenvalue weighted by molar-refractivity contribution is -0.143. The number of nitrogens with one attached hydrogen (secondary N) is 2. The Bertz CT molecular complexity index is 1760. The van der Waals surface area contributed by atoms with Crippen molar-refractivity contribution in [1.29, 1.82) is 0 Å². The molecule has 0 spiro atoms. The fraction of sp³-hybridized carbons (Fsp3) is 0.390. The number of fused-ring (bicyclic) bond motifs is 1. The van der Waals surface area contributed by atoms with E-state index in [0.717, 1.165) is 33.9 Å². The normalized spacial score (nSPS) is 13.4. The van der Waals surface area contributed by atoms with Gasteiger partial charge in [0.15, 0.2) is 0 Å². The lowest BCUT2D eigenvalue weighted by Gasteiger charge is -2.39. The molecule has 4 rings (SSSR count). The molecular formula is C41H51N3O5. The van der Waals surface area contributed by atoms with Crippen LogP contribution in [0.1, 0.15) is 82.7 Å². The summed E-state index contributed by atoms with van der Waals surface area (Å²) >= 11 is 0. The minimum absolute atomic E-state index is 0.0935. The molecule has 3 amide bonds. The van der Waals surface area contributed by atoms with E-state index >= 15 is 4.79 Å². The quantitative estimate of drug-likeness (QED) is 0.140. The summed E-state index contributed by atoms with van der Waals surface area (Å²) in [5.41, 5.74) is 3.17. The number of anilines is 1. The zero-order valence-corrected chi connectivity index (χ0v) is 30.0. The van der Waals surface area contributed by atoms with Crippen LogP contribution in [0.2, 0.25) is 0 Å². The molecule has 8 heteroatoms. The second-order valence-electron chi connectivity index (χ2n) is 14.4. The Hall–Kier alpha value is -4.85. The number of hydrogen-bond donors (Lipinski definition) is 3. The van der Waals surface area contributed by atoms with E-state index in [1.165, 1.54) is 0 Å². The summed E-state index contributed by atoms with van der Waals surface area (Å²) in [6, 6.07) is 23.6. The summed E-state index contributed by atoms with van der Waals surface area (Å²) in [5, 5.41) is 17.9. The lowest BCUT2D eigenvalue weighted by atomic mass is 9.92. The molecule has 3 unspecified atom stereocenters. The van der Waals surface area contributed by atoms with Gasteiger partial charge in [0, 0.05) is 18.2 Å². The minimum atomic E-state index is -1.07. The van der Waals surface area contributed by atoms with Gasteiger partial charge in [0.1, 0.15) is 23.4 Å². The number of carbonyl (C=O) groups is 3. The van der Waals surface area contributed by atoms with E-state index in [0.29, 0.717) is 23.6 Å². The first kappa shape index (κ1) is 37.0. The molecule has 0 aromatic heterocycles. The predicted octanol–water partition coefficient (Wildman–Crippen LogP) is 8.63. The molecule has 8 nitrogen and oxygen atoms in total. The number of amides is 3. The van der Waals surface area contributed by atoms with Gasteiger partial charge in [-0.1, -0.05) is 74.5 Å². The Morgan fingerprint density at radius 1 is 0.837 bits per heavy atom. The maximum absolute atomic E-state index is 15.1. The number of carbonyl (C=O) groups excluding carboxylic acids is 3. The molecule has 4 aromatic rings. The average Bonchev–Trinajstić information content (AvgIpc) is 3.03. The van der Waals surface area contributed by atoms with Gasteiger partial charge in [-0.3, -0.25) is 9.59 Å². The lowest BCUT2D eigenvalue weighted by Crippen LogP contribution is -2.55. The number of nitrogens with zero attached hydrogens (tertiary/aromatic N) is 1. The van der Waals surface area contributed by atoms with Gasteiger partial charge in [0.05, 0.1) is 0 Å². The van der Waals surface area contributed by atoms with Crippen molar-refractivity contribution in [3.8, 4) is 5.75 Å². The van der Waals surface area contributed by atoms with Gasteiger partial charge in [-0.15, -0.1) is 0 Å². The Labute approximate surface area is 290 Å². The van der Waals surface area contributed by atoms with Crippen molar-refractivity contribution in [2.75, 3.05) is 5.32 Å². The number of alkyl carbamates (subject to hydrolysis) is 1. The summed E-state index contributed by atoms with van der Waals surface area (Å²) in [5.74, 6) is -0.294. The smallest absolute Gasteiger partial charge is 0.408 e. The van der Waals surface area contributed by atoms with E-state index in [-0.39, 0.29) is 24.1 Å². The largest absolute Gasteiger partial charge is 0.508 e. The third-order valence-corrected chi connectivity index (χ3v) is 8.74. The molecule has 260 valence electrons. The van der Waals surface area contributed by atoms with Gasteiger partial charge in [0.2, 0.25) is 5.91 Å². The standard InChI is InChI=1S/C41H51N3O5/c1-26(2)16-17-28(4)44(39(47)36(43-40(48)49-41(6,7)8)24-30-18-22-34(45)23-19-30)37(35-15-11-12-27(3)29(35)5)38(46)42-33-21-20-31-13-9-10-14-32(31)25-33/h9-15,18-23,25-26,28,36-37,45H,16-17,24H2,1-8H3,(H,42,46)(H,43,48). The third kappa shape index (κ3) is 10.1. The van der Waals surface area contributed by atoms with Gasteiger partial charge in [-0.25, -0.2) is 4.79 Å². The molecule has 3 atom stereocenters. The minimum Gasteiger partial charge on any atom is -0.508 e. The Morgan fingerprint density at radius 2 is 1.51 bits per heavy atom. The van der Waals surface area contributed by atoms with Crippen LogP contribution >= 0.6 is 0 Å². The number of benzene rings is 4. The van der Waals surface area contributed by atoms with Crippen molar-refractivity contribution in [2.45, 2.75) is 98.4 Å². The zero-order valence-electron chi connectivity index (χ0n) is 30.0. The van der Waals surface area contributed by atoms with Crippen LogP contribution in [0.5, 0.6) is 5.75 Å². The van der Waals surface area contributed by atoms with Crippen LogP contribution in [-0.4, -0.2) is 45.6 Å². The molecule has 0 heterocycles. The molecule has 0 aliphatic carbocycles. The zero-order chi connectivity index (χ0) is 35.9. The fourth-order valence-corrected chi connectivity index (χ4v) is 5.98. The van der Waals surface area contributed by atoms with Crippen molar-refractivity contribution >= 4 is 34.4 Å². The molecule has 0 aliphatic rings. The number of aromatic hydroxyl groups is 1. The highest BCUT2D eigenvalue weighted by Crippen LogP contribution is 2.32. The monoisotopic (exact) mass is 665 g/mol. The number of hydrogen-bond acceptors (Lipinski definition) is 5. The van der Waals surface area contributed by atoms with Crippen molar-refractivity contribution < 1.29 is 24.2 Å². The van der Waals surface area contributed by atoms with E-state index < -0.39 is 29.7 Å². The molecule has 0 saturated heterocycles. The van der Waals surface area contributed by atoms with Crippen molar-refractivity contribution in [3.05, 3.63) is 107 Å². The fourth-order valence-electron chi connectivity index (χ4n) is 5.98. The number of rotatable bonds is 12. The number of ether oxygens (including phenoxy) is 1. The highest BCUT2D eigenvalue weighted by molar-refractivity contribution is 6.00. The summed E-state index contributed by atoms with van der Waals surface area (Å²) in [6.45, 7) is 15.5. The highest BCUT2D eigenvalue weighted by Gasteiger charge is 2.40. The SMILES string of the molecule is Cc1cccc(C(C(=O)Nc2ccc3ccccc3c2)N(C(=O)C(Cc2ccc(O)cc2)NC(=O)OC(C)(C)C)C(C)CCC(C)C)c1C. The summed E-state index contributed by atoms with van der Waals surface area (Å²) in [6.07, 6.45) is 0.867. The molecular weight excluding hydrogens is 614 g/mol. The summed E-state index contributed by atoms with van der Waals surface area (Å²) in [7, 11) is 0. The van der Waals surface area contributed by atoms with Crippen LogP contribution in [0.25, 0.3) is 10.8 Å². The second kappa shape index (κ2) is 16.0. The van der Waals surface area contributed by atoms with Crippen LogP contribution in [0.15, 0.2) is 84.9 Å². The number of phenolic OH excluding ortho intramolecular Hbond substituents is 1. The first-order valence-corrected chi connectivity index (χ1v) is 17.1. The first-order chi connectivity index (χ1) is 23.1. The Kier molecular flexibility index (Phi) is 12.1. The summed E-state index contributed by atoms with van der Waals surface area (Å²) in [4.78, 5) is 44.6. The van der Waals surface area contributed by atoms with Crippen LogP contribution in [0.3, 0.4) is 0 Å². The van der Waals surface area contributed by atoms with Gasteiger partial charge >= 0.3 is 6.09 Å². The van der Waals surface area contributed by atoms with Crippen molar-refractivity contribution in [2.24, 2.45) is 5.92 Å². The molecule has 0 radical (unpaired) electrons.